The van der Waals surface area contributed by atoms with Gasteiger partial charge in [-0.05, 0) is 30.5 Å². The van der Waals surface area contributed by atoms with Crippen molar-refractivity contribution in [2.75, 3.05) is 17.7 Å². The number of amides is 1. The Balaban J connectivity index is 1.99. The molecular formula is C16H22N2O3. The van der Waals surface area contributed by atoms with Crippen LogP contribution in [0.4, 0.5) is 11.4 Å². The van der Waals surface area contributed by atoms with Crippen molar-refractivity contribution in [3.63, 3.8) is 0 Å². The Morgan fingerprint density at radius 2 is 2.00 bits per heavy atom. The molecule has 1 saturated carbocycles. The molecule has 0 aromatic heterocycles. The van der Waals surface area contributed by atoms with Crippen LogP contribution < -0.4 is 10.6 Å². The molecule has 0 aliphatic heterocycles. The van der Waals surface area contributed by atoms with Crippen LogP contribution in [0, 0.1) is 5.92 Å². The van der Waals surface area contributed by atoms with Crippen LogP contribution in [-0.4, -0.2) is 24.0 Å². The molecule has 0 saturated heterocycles. The summed E-state index contributed by atoms with van der Waals surface area (Å²) in [6.07, 6.45) is 6.45. The number of rotatable bonds is 5. The molecule has 114 valence electrons. The number of nitrogens with two attached hydrogens (primary N) is 1. The summed E-state index contributed by atoms with van der Waals surface area (Å²) in [5, 5.41) is 8.92. The van der Waals surface area contributed by atoms with Gasteiger partial charge in [0.1, 0.15) is 0 Å². The first-order chi connectivity index (χ1) is 9.99. The smallest absolute Gasteiger partial charge is 0.335 e. The number of nitrogen functional groups attached to an aromatic ring is 1. The molecule has 1 aliphatic rings. The number of aromatic carboxylic acids is 1. The van der Waals surface area contributed by atoms with Gasteiger partial charge in [-0.25, -0.2) is 4.79 Å². The molecular weight excluding hydrogens is 268 g/mol. The maximum absolute atomic E-state index is 12.2. The zero-order valence-electron chi connectivity index (χ0n) is 12.3. The number of benzene rings is 1. The van der Waals surface area contributed by atoms with E-state index in [0.29, 0.717) is 23.7 Å². The average Bonchev–Trinajstić information content (AvgIpc) is 2.97. The molecule has 0 bridgehead atoms. The molecule has 1 amide bonds. The Morgan fingerprint density at radius 3 is 2.57 bits per heavy atom. The third kappa shape index (κ3) is 3.74. The van der Waals surface area contributed by atoms with E-state index >= 15 is 0 Å². The highest BCUT2D eigenvalue weighted by atomic mass is 16.4. The molecule has 0 spiro atoms. The predicted octanol–water partition coefficient (Wildman–Crippen LogP) is 2.90. The van der Waals surface area contributed by atoms with Crippen molar-refractivity contribution in [2.24, 2.45) is 5.92 Å². The highest BCUT2D eigenvalue weighted by Crippen LogP contribution is 2.29. The fourth-order valence-corrected chi connectivity index (χ4v) is 2.92. The van der Waals surface area contributed by atoms with Crippen molar-refractivity contribution in [3.8, 4) is 0 Å². The molecule has 21 heavy (non-hydrogen) atoms. The third-order valence-corrected chi connectivity index (χ3v) is 4.25. The predicted molar refractivity (Wildman–Crippen MR) is 82.4 cm³/mol. The zero-order valence-corrected chi connectivity index (χ0v) is 12.3. The number of hydrogen-bond donors (Lipinski definition) is 2. The van der Waals surface area contributed by atoms with Gasteiger partial charge in [0.05, 0.1) is 16.9 Å². The van der Waals surface area contributed by atoms with Gasteiger partial charge in [0.25, 0.3) is 0 Å². The summed E-state index contributed by atoms with van der Waals surface area (Å²) in [7, 11) is 1.68. The number of carbonyl (C=O) groups is 2. The lowest BCUT2D eigenvalue weighted by atomic mass is 10.0. The fraction of sp³-hybridized carbons (Fsp3) is 0.500. The van der Waals surface area contributed by atoms with Gasteiger partial charge in [0.2, 0.25) is 5.91 Å². The van der Waals surface area contributed by atoms with E-state index in [0.717, 1.165) is 6.42 Å². The van der Waals surface area contributed by atoms with Crippen molar-refractivity contribution < 1.29 is 14.7 Å². The summed E-state index contributed by atoms with van der Waals surface area (Å²) in [5.41, 5.74) is 6.86. The van der Waals surface area contributed by atoms with E-state index in [-0.39, 0.29) is 11.5 Å². The summed E-state index contributed by atoms with van der Waals surface area (Å²) in [6.45, 7) is 0. The van der Waals surface area contributed by atoms with E-state index in [1.807, 2.05) is 0 Å². The van der Waals surface area contributed by atoms with Gasteiger partial charge in [-0.1, -0.05) is 25.7 Å². The second-order valence-electron chi connectivity index (χ2n) is 5.72. The van der Waals surface area contributed by atoms with Crippen molar-refractivity contribution >= 4 is 23.3 Å². The molecule has 1 aromatic carbocycles. The Morgan fingerprint density at radius 1 is 1.33 bits per heavy atom. The second kappa shape index (κ2) is 6.61. The molecule has 1 aromatic rings. The van der Waals surface area contributed by atoms with Crippen molar-refractivity contribution in [3.05, 3.63) is 23.8 Å². The molecule has 0 unspecified atom stereocenters. The first-order valence-corrected chi connectivity index (χ1v) is 7.38. The molecule has 0 radical (unpaired) electrons. The minimum Gasteiger partial charge on any atom is -0.478 e. The molecule has 2 rings (SSSR count). The maximum atomic E-state index is 12.2. The molecule has 3 N–H and O–H groups in total. The fourth-order valence-electron chi connectivity index (χ4n) is 2.92. The Hall–Kier alpha value is -2.04. The molecule has 5 nitrogen and oxygen atoms in total. The van der Waals surface area contributed by atoms with Gasteiger partial charge < -0.3 is 15.7 Å². The van der Waals surface area contributed by atoms with Crippen LogP contribution in [0.15, 0.2) is 18.2 Å². The summed E-state index contributed by atoms with van der Waals surface area (Å²) in [6, 6.07) is 4.44. The molecule has 1 fully saturated rings. The minimum absolute atomic E-state index is 0.0247. The lowest BCUT2D eigenvalue weighted by Gasteiger charge is -2.20. The molecule has 1 aliphatic carbocycles. The first kappa shape index (κ1) is 15.4. The van der Waals surface area contributed by atoms with Gasteiger partial charge >= 0.3 is 5.97 Å². The topological polar surface area (TPSA) is 83.6 Å². The second-order valence-corrected chi connectivity index (χ2v) is 5.72. The standard InChI is InChI=1S/C16H22N2O3/c1-18(15(19)9-6-11-4-2-3-5-11)14-8-7-12(16(20)21)10-13(14)17/h7-8,10-11H,2-6,9,17H2,1H3,(H,20,21). The Labute approximate surface area is 124 Å². The van der Waals surface area contributed by atoms with Gasteiger partial charge in [-0.3, -0.25) is 4.79 Å². The number of carboxylic acid groups (broad SMARTS) is 1. The van der Waals surface area contributed by atoms with E-state index in [9.17, 15) is 9.59 Å². The van der Waals surface area contributed by atoms with E-state index in [1.54, 1.807) is 13.1 Å². The number of carboxylic acids is 1. The highest BCUT2D eigenvalue weighted by Gasteiger charge is 2.19. The van der Waals surface area contributed by atoms with Gasteiger partial charge in [-0.15, -0.1) is 0 Å². The lowest BCUT2D eigenvalue weighted by molar-refractivity contribution is -0.118. The van der Waals surface area contributed by atoms with Crippen LogP contribution in [0.2, 0.25) is 0 Å². The van der Waals surface area contributed by atoms with Crippen molar-refractivity contribution in [2.45, 2.75) is 38.5 Å². The lowest BCUT2D eigenvalue weighted by Crippen LogP contribution is -2.27. The van der Waals surface area contributed by atoms with Crippen molar-refractivity contribution in [1.82, 2.24) is 0 Å². The quantitative estimate of drug-likeness (QED) is 0.817. The number of nitrogens with zero attached hydrogens (tertiary/aromatic N) is 1. The molecule has 0 heterocycles. The summed E-state index contributed by atoms with van der Waals surface area (Å²) >= 11 is 0. The number of carbonyl (C=O) groups excluding carboxylic acids is 1. The minimum atomic E-state index is -1.02. The van der Waals surface area contributed by atoms with E-state index in [2.05, 4.69) is 0 Å². The van der Waals surface area contributed by atoms with Gasteiger partial charge in [0.15, 0.2) is 0 Å². The van der Waals surface area contributed by atoms with Crippen molar-refractivity contribution in [1.29, 1.82) is 0 Å². The Bertz CT molecular complexity index is 536. The summed E-state index contributed by atoms with van der Waals surface area (Å²) in [4.78, 5) is 24.6. The highest BCUT2D eigenvalue weighted by molar-refractivity contribution is 5.97. The number of anilines is 2. The van der Waals surface area contributed by atoms with Crippen LogP contribution in [0.5, 0.6) is 0 Å². The van der Waals surface area contributed by atoms with E-state index in [4.69, 9.17) is 10.8 Å². The van der Waals surface area contributed by atoms with Crippen LogP contribution in [0.1, 0.15) is 48.9 Å². The van der Waals surface area contributed by atoms with Crippen LogP contribution in [0.25, 0.3) is 0 Å². The molecule has 5 heteroatoms. The first-order valence-electron chi connectivity index (χ1n) is 7.38. The monoisotopic (exact) mass is 290 g/mol. The summed E-state index contributed by atoms with van der Waals surface area (Å²) in [5.74, 6) is -0.325. The largest absolute Gasteiger partial charge is 0.478 e. The average molecular weight is 290 g/mol. The van der Waals surface area contributed by atoms with Crippen LogP contribution in [-0.2, 0) is 4.79 Å². The normalized spacial score (nSPS) is 15.1. The van der Waals surface area contributed by atoms with Gasteiger partial charge in [-0.2, -0.15) is 0 Å². The van der Waals surface area contributed by atoms with Crippen LogP contribution in [0.3, 0.4) is 0 Å². The number of hydrogen-bond acceptors (Lipinski definition) is 3. The Kier molecular flexibility index (Phi) is 4.83. The summed E-state index contributed by atoms with van der Waals surface area (Å²) < 4.78 is 0. The van der Waals surface area contributed by atoms with Crippen LogP contribution >= 0.6 is 0 Å². The zero-order chi connectivity index (χ0) is 15.4. The molecule has 0 atom stereocenters. The maximum Gasteiger partial charge on any atom is 0.335 e. The van der Waals surface area contributed by atoms with E-state index < -0.39 is 5.97 Å². The SMILES string of the molecule is CN(C(=O)CCC1CCCC1)c1ccc(C(=O)O)cc1N. The third-order valence-electron chi connectivity index (χ3n) is 4.25. The van der Waals surface area contributed by atoms with E-state index in [1.165, 1.54) is 42.7 Å². The van der Waals surface area contributed by atoms with Gasteiger partial charge in [0, 0.05) is 13.5 Å².